The first-order valence-corrected chi connectivity index (χ1v) is 2.79. The van der Waals surface area contributed by atoms with Crippen LogP contribution < -0.4 is 0 Å². The summed E-state index contributed by atoms with van der Waals surface area (Å²) in [4.78, 5) is 8.81. The van der Waals surface area contributed by atoms with Crippen LogP contribution >= 0.6 is 0 Å². The van der Waals surface area contributed by atoms with E-state index in [1.54, 1.807) is 0 Å². The molecule has 0 unspecified atom stereocenters. The predicted molar refractivity (Wildman–Crippen MR) is 31.4 cm³/mol. The van der Waals surface area contributed by atoms with E-state index in [1.165, 1.54) is 6.92 Å². The van der Waals surface area contributed by atoms with Crippen molar-refractivity contribution in [3.8, 4) is 0 Å². The van der Waals surface area contributed by atoms with Gasteiger partial charge in [-0.05, 0) is 0 Å². The van der Waals surface area contributed by atoms with E-state index >= 15 is 0 Å². The van der Waals surface area contributed by atoms with Gasteiger partial charge in [-0.25, -0.2) is 0 Å². The first-order chi connectivity index (χ1) is 4.87. The molecule has 3 nitrogen and oxygen atoms in total. The molecule has 0 bridgehead atoms. The highest BCUT2D eigenvalue weighted by molar-refractivity contribution is 4.95. The quantitative estimate of drug-likeness (QED) is 0.469. The fourth-order valence-corrected chi connectivity index (χ4v) is 0.473. The van der Waals surface area contributed by atoms with E-state index in [0.717, 1.165) is 0 Å². The molecule has 0 fully saturated rings. The van der Waals surface area contributed by atoms with E-state index in [4.69, 9.17) is 0 Å². The van der Waals surface area contributed by atoms with Crippen LogP contribution in [-0.2, 0) is 0 Å². The van der Waals surface area contributed by atoms with Crippen molar-refractivity contribution in [2.75, 3.05) is 0 Å². The van der Waals surface area contributed by atoms with Crippen molar-refractivity contribution in [2.24, 2.45) is 0 Å². The molecular weight excluding hydrogens is 163 g/mol. The molecule has 0 saturated carbocycles. The van der Waals surface area contributed by atoms with Crippen molar-refractivity contribution < 1.29 is 18.1 Å². The molecule has 11 heavy (non-hydrogen) atoms. The summed E-state index contributed by atoms with van der Waals surface area (Å²) in [6.45, 7) is 1.29. The fourth-order valence-electron chi connectivity index (χ4n) is 0.473. The minimum atomic E-state index is -4.60. The average molecular weight is 169 g/mol. The van der Waals surface area contributed by atoms with Gasteiger partial charge in [0.05, 0.1) is 11.0 Å². The van der Waals surface area contributed by atoms with Crippen molar-refractivity contribution in [2.45, 2.75) is 19.5 Å². The Bertz CT molecular complexity index is 185. The highest BCUT2D eigenvalue weighted by atomic mass is 19.4. The third kappa shape index (κ3) is 4.35. The standard InChI is InChI=1S/C5H6F3NO2/c1-2-4(9(10)11)3-5(6,7)8/h3H,2H2,1H3. The maximum atomic E-state index is 11.5. The zero-order valence-electron chi connectivity index (χ0n) is 5.68. The van der Waals surface area contributed by atoms with E-state index in [-0.39, 0.29) is 12.5 Å². The first kappa shape index (κ1) is 9.93. The van der Waals surface area contributed by atoms with Crippen molar-refractivity contribution in [1.82, 2.24) is 0 Å². The molecule has 6 heteroatoms. The van der Waals surface area contributed by atoms with Crippen LogP contribution in [-0.4, -0.2) is 11.1 Å². The second kappa shape index (κ2) is 3.36. The Labute approximate surface area is 60.7 Å². The molecule has 0 amide bonds. The molecule has 0 atom stereocenters. The molecule has 0 aromatic heterocycles. The summed E-state index contributed by atoms with van der Waals surface area (Å²) >= 11 is 0. The van der Waals surface area contributed by atoms with Crippen molar-refractivity contribution in [3.63, 3.8) is 0 Å². The normalized spacial score (nSPS) is 13.3. The first-order valence-electron chi connectivity index (χ1n) is 2.79. The third-order valence-corrected chi connectivity index (χ3v) is 0.927. The Kier molecular flexibility index (Phi) is 3.03. The van der Waals surface area contributed by atoms with Gasteiger partial charge >= 0.3 is 6.18 Å². The van der Waals surface area contributed by atoms with Crippen LogP contribution in [0.1, 0.15) is 13.3 Å². The smallest absolute Gasteiger partial charge is 0.259 e. The summed E-state index contributed by atoms with van der Waals surface area (Å²) in [5, 5.41) is 9.85. The van der Waals surface area contributed by atoms with Crippen LogP contribution in [0.2, 0.25) is 0 Å². The van der Waals surface area contributed by atoms with Gasteiger partial charge in [0.15, 0.2) is 0 Å². The Morgan fingerprint density at radius 3 is 2.18 bits per heavy atom. The molecule has 0 rings (SSSR count). The fraction of sp³-hybridized carbons (Fsp3) is 0.600. The molecule has 0 heterocycles. The van der Waals surface area contributed by atoms with E-state index < -0.39 is 16.8 Å². The molecule has 0 aromatic rings. The summed E-state index contributed by atoms with van der Waals surface area (Å²) in [6.07, 6.45) is -5.13. The van der Waals surface area contributed by atoms with Gasteiger partial charge in [0.25, 0.3) is 5.70 Å². The Morgan fingerprint density at radius 2 is 2.09 bits per heavy atom. The predicted octanol–water partition coefficient (Wildman–Crippen LogP) is 2.12. The van der Waals surface area contributed by atoms with Crippen LogP contribution in [0.3, 0.4) is 0 Å². The zero-order valence-corrected chi connectivity index (χ0v) is 5.68. The molecule has 0 aromatic carbocycles. The molecule has 0 saturated heterocycles. The van der Waals surface area contributed by atoms with Gasteiger partial charge in [-0.15, -0.1) is 0 Å². The van der Waals surface area contributed by atoms with E-state index in [2.05, 4.69) is 0 Å². The zero-order chi connectivity index (χ0) is 9.07. The lowest BCUT2D eigenvalue weighted by Gasteiger charge is -1.98. The molecule has 0 aliphatic heterocycles. The number of hydrogen-bond acceptors (Lipinski definition) is 2. The maximum Gasteiger partial charge on any atom is 0.415 e. The largest absolute Gasteiger partial charge is 0.415 e. The van der Waals surface area contributed by atoms with Crippen LogP contribution in [0.15, 0.2) is 11.8 Å². The van der Waals surface area contributed by atoms with Crippen LogP contribution in [0.4, 0.5) is 13.2 Å². The summed E-state index contributed by atoms with van der Waals surface area (Å²) < 4.78 is 34.4. The number of nitrogens with zero attached hydrogens (tertiary/aromatic N) is 1. The van der Waals surface area contributed by atoms with Gasteiger partial charge in [-0.2, -0.15) is 13.2 Å². The minimum Gasteiger partial charge on any atom is -0.259 e. The highest BCUT2D eigenvalue weighted by Crippen LogP contribution is 2.19. The lowest BCUT2D eigenvalue weighted by Crippen LogP contribution is -2.07. The summed E-state index contributed by atoms with van der Waals surface area (Å²) in [5.41, 5.74) is -0.822. The van der Waals surface area contributed by atoms with Crippen molar-refractivity contribution >= 4 is 0 Å². The molecule has 0 N–H and O–H groups in total. The molecule has 0 aliphatic carbocycles. The van der Waals surface area contributed by atoms with Crippen LogP contribution in [0, 0.1) is 10.1 Å². The topological polar surface area (TPSA) is 43.1 Å². The number of hydrogen-bond donors (Lipinski definition) is 0. The summed E-state index contributed by atoms with van der Waals surface area (Å²) in [5.74, 6) is 0. The van der Waals surface area contributed by atoms with Gasteiger partial charge < -0.3 is 0 Å². The number of alkyl halides is 3. The molecule has 64 valence electrons. The van der Waals surface area contributed by atoms with Gasteiger partial charge in [-0.1, -0.05) is 6.92 Å². The Hall–Kier alpha value is -1.07. The van der Waals surface area contributed by atoms with Crippen LogP contribution in [0.5, 0.6) is 0 Å². The van der Waals surface area contributed by atoms with Crippen molar-refractivity contribution in [3.05, 3.63) is 21.9 Å². The van der Waals surface area contributed by atoms with E-state index in [9.17, 15) is 23.3 Å². The van der Waals surface area contributed by atoms with Crippen molar-refractivity contribution in [1.29, 1.82) is 0 Å². The minimum absolute atomic E-state index is 0.230. The Balaban J connectivity index is 4.49. The highest BCUT2D eigenvalue weighted by Gasteiger charge is 2.28. The van der Waals surface area contributed by atoms with E-state index in [1.807, 2.05) is 0 Å². The van der Waals surface area contributed by atoms with Gasteiger partial charge in [0.1, 0.15) is 0 Å². The second-order valence-electron chi connectivity index (χ2n) is 1.79. The summed E-state index contributed by atoms with van der Waals surface area (Å²) in [7, 11) is 0. The third-order valence-electron chi connectivity index (χ3n) is 0.927. The lowest BCUT2D eigenvalue weighted by molar-refractivity contribution is -0.429. The van der Waals surface area contributed by atoms with Gasteiger partial charge in [0, 0.05) is 6.42 Å². The monoisotopic (exact) mass is 169 g/mol. The van der Waals surface area contributed by atoms with Crippen LogP contribution in [0.25, 0.3) is 0 Å². The van der Waals surface area contributed by atoms with Gasteiger partial charge in [-0.3, -0.25) is 10.1 Å². The molecular formula is C5H6F3NO2. The van der Waals surface area contributed by atoms with E-state index in [0.29, 0.717) is 0 Å². The SMILES string of the molecule is CCC(=CC(F)(F)F)[N+](=O)[O-]. The number of halogens is 3. The number of allylic oxidation sites excluding steroid dienone is 2. The maximum absolute atomic E-state index is 11.5. The molecule has 0 aliphatic rings. The Morgan fingerprint density at radius 1 is 1.64 bits per heavy atom. The molecule has 0 spiro atoms. The second-order valence-corrected chi connectivity index (χ2v) is 1.79. The summed E-state index contributed by atoms with van der Waals surface area (Å²) in [6, 6.07) is 0. The number of rotatable bonds is 2. The van der Waals surface area contributed by atoms with Gasteiger partial charge in [0.2, 0.25) is 0 Å². The molecule has 0 radical (unpaired) electrons. The lowest BCUT2D eigenvalue weighted by atomic mass is 10.3. The number of nitro groups is 1. The average Bonchev–Trinajstić information content (AvgIpc) is 1.80.